The standard InChI is InChI=1S/C24H30N6O2/c1-3-25-24(31)29-19-6-4-18(5-7-19)28-23-21-9-8-20(14-22(21)26-16-27-23)32-15-17-10-12-30(2)13-11-17/h4-9,14,16-17H,3,10-13,15H2,1-2H3,(H2,25,29,31)(H,26,27,28). The highest BCUT2D eigenvalue weighted by Gasteiger charge is 2.17. The van der Waals surface area contributed by atoms with E-state index in [1.54, 1.807) is 6.33 Å². The Labute approximate surface area is 188 Å². The third kappa shape index (κ3) is 5.64. The van der Waals surface area contributed by atoms with Crippen molar-refractivity contribution in [1.82, 2.24) is 20.2 Å². The maximum absolute atomic E-state index is 11.6. The Morgan fingerprint density at radius 1 is 1.09 bits per heavy atom. The van der Waals surface area contributed by atoms with Crippen LogP contribution in [0.1, 0.15) is 19.8 Å². The molecule has 0 saturated carbocycles. The molecular formula is C24H30N6O2. The second-order valence-electron chi connectivity index (χ2n) is 8.15. The van der Waals surface area contributed by atoms with Gasteiger partial charge >= 0.3 is 6.03 Å². The van der Waals surface area contributed by atoms with Gasteiger partial charge in [-0.2, -0.15) is 0 Å². The zero-order valence-electron chi connectivity index (χ0n) is 18.6. The quantitative estimate of drug-likeness (QED) is 0.515. The Kier molecular flexibility index (Phi) is 7.01. The number of piperidine rings is 1. The van der Waals surface area contributed by atoms with E-state index < -0.39 is 0 Å². The number of fused-ring (bicyclic) bond motifs is 1. The summed E-state index contributed by atoms with van der Waals surface area (Å²) >= 11 is 0. The lowest BCUT2D eigenvalue weighted by atomic mass is 9.98. The van der Waals surface area contributed by atoms with Gasteiger partial charge in [0.15, 0.2) is 0 Å². The van der Waals surface area contributed by atoms with Crippen molar-refractivity contribution in [3.63, 3.8) is 0 Å². The van der Waals surface area contributed by atoms with Crippen LogP contribution in [0.3, 0.4) is 0 Å². The maximum atomic E-state index is 11.6. The van der Waals surface area contributed by atoms with Crippen molar-refractivity contribution < 1.29 is 9.53 Å². The second-order valence-corrected chi connectivity index (χ2v) is 8.15. The minimum Gasteiger partial charge on any atom is -0.493 e. The molecule has 2 heterocycles. The van der Waals surface area contributed by atoms with Gasteiger partial charge in [0.1, 0.15) is 17.9 Å². The molecule has 0 radical (unpaired) electrons. The molecule has 1 saturated heterocycles. The van der Waals surface area contributed by atoms with E-state index in [1.807, 2.05) is 49.4 Å². The number of nitrogens with zero attached hydrogens (tertiary/aromatic N) is 3. The summed E-state index contributed by atoms with van der Waals surface area (Å²) in [4.78, 5) is 22.8. The smallest absolute Gasteiger partial charge is 0.319 e. The first-order chi connectivity index (χ1) is 15.6. The van der Waals surface area contributed by atoms with Gasteiger partial charge in [-0.3, -0.25) is 0 Å². The first-order valence-corrected chi connectivity index (χ1v) is 11.1. The number of urea groups is 1. The Morgan fingerprint density at radius 2 is 1.84 bits per heavy atom. The number of amides is 2. The van der Waals surface area contributed by atoms with Crippen molar-refractivity contribution in [1.29, 1.82) is 0 Å². The van der Waals surface area contributed by atoms with Gasteiger partial charge in [-0.05, 0) is 82.2 Å². The molecular weight excluding hydrogens is 404 g/mol. The summed E-state index contributed by atoms with van der Waals surface area (Å²) in [5.74, 6) is 2.16. The van der Waals surface area contributed by atoms with Gasteiger partial charge in [0.25, 0.3) is 0 Å². The molecule has 0 atom stereocenters. The lowest BCUT2D eigenvalue weighted by Crippen LogP contribution is -2.32. The Hall–Kier alpha value is -3.39. The van der Waals surface area contributed by atoms with Crippen LogP contribution in [0.15, 0.2) is 48.8 Å². The summed E-state index contributed by atoms with van der Waals surface area (Å²) in [5, 5.41) is 9.75. The zero-order valence-corrected chi connectivity index (χ0v) is 18.6. The number of anilines is 3. The topological polar surface area (TPSA) is 91.4 Å². The number of benzene rings is 2. The Morgan fingerprint density at radius 3 is 2.59 bits per heavy atom. The highest BCUT2D eigenvalue weighted by molar-refractivity contribution is 5.92. The average Bonchev–Trinajstić information content (AvgIpc) is 2.80. The molecule has 0 aliphatic carbocycles. The van der Waals surface area contributed by atoms with Crippen LogP contribution in [-0.2, 0) is 0 Å². The highest BCUT2D eigenvalue weighted by Crippen LogP contribution is 2.27. The summed E-state index contributed by atoms with van der Waals surface area (Å²) in [6.07, 6.45) is 3.91. The molecule has 3 aromatic rings. The van der Waals surface area contributed by atoms with E-state index in [4.69, 9.17) is 4.74 Å². The molecule has 2 amide bonds. The van der Waals surface area contributed by atoms with E-state index in [0.29, 0.717) is 12.5 Å². The van der Waals surface area contributed by atoms with Crippen LogP contribution >= 0.6 is 0 Å². The number of nitrogens with one attached hydrogen (secondary N) is 3. The first-order valence-electron chi connectivity index (χ1n) is 11.1. The van der Waals surface area contributed by atoms with Crippen LogP contribution in [0.2, 0.25) is 0 Å². The SMILES string of the molecule is CCNC(=O)Nc1ccc(Nc2ncnc3cc(OCC4CCN(C)CC4)ccc23)cc1. The monoisotopic (exact) mass is 434 g/mol. The number of aromatic nitrogens is 2. The van der Waals surface area contributed by atoms with Gasteiger partial charge in [0.2, 0.25) is 0 Å². The molecule has 0 unspecified atom stereocenters. The van der Waals surface area contributed by atoms with Crippen molar-refractivity contribution in [2.45, 2.75) is 19.8 Å². The molecule has 1 aromatic heterocycles. The Balaban J connectivity index is 1.40. The molecule has 1 fully saturated rings. The molecule has 8 heteroatoms. The van der Waals surface area contributed by atoms with Gasteiger partial charge in [0, 0.05) is 29.4 Å². The molecule has 0 spiro atoms. The minimum atomic E-state index is -0.219. The number of carbonyl (C=O) groups is 1. The van der Waals surface area contributed by atoms with Crippen LogP contribution in [0, 0.1) is 5.92 Å². The molecule has 0 bridgehead atoms. The van der Waals surface area contributed by atoms with Crippen molar-refractivity contribution in [2.24, 2.45) is 5.92 Å². The van der Waals surface area contributed by atoms with E-state index in [2.05, 4.69) is 37.9 Å². The van der Waals surface area contributed by atoms with E-state index in [9.17, 15) is 4.79 Å². The molecule has 8 nitrogen and oxygen atoms in total. The van der Waals surface area contributed by atoms with Crippen molar-refractivity contribution in [3.8, 4) is 5.75 Å². The summed E-state index contributed by atoms with van der Waals surface area (Å²) in [5.41, 5.74) is 2.42. The number of ether oxygens (including phenoxy) is 1. The molecule has 32 heavy (non-hydrogen) atoms. The predicted molar refractivity (Wildman–Crippen MR) is 128 cm³/mol. The van der Waals surface area contributed by atoms with Crippen LogP contribution < -0.4 is 20.7 Å². The van der Waals surface area contributed by atoms with Crippen molar-refractivity contribution in [3.05, 3.63) is 48.8 Å². The predicted octanol–water partition coefficient (Wildman–Crippen LogP) is 4.24. The first kappa shape index (κ1) is 21.8. The number of carbonyl (C=O) groups excluding carboxylic acids is 1. The van der Waals surface area contributed by atoms with Gasteiger partial charge in [-0.25, -0.2) is 14.8 Å². The number of hydrogen-bond donors (Lipinski definition) is 3. The van der Waals surface area contributed by atoms with Crippen LogP contribution in [-0.4, -0.2) is 54.2 Å². The molecule has 1 aliphatic heterocycles. The minimum absolute atomic E-state index is 0.219. The summed E-state index contributed by atoms with van der Waals surface area (Å²) in [6, 6.07) is 13.2. The largest absolute Gasteiger partial charge is 0.493 e. The lowest BCUT2D eigenvalue weighted by molar-refractivity contribution is 0.160. The van der Waals surface area contributed by atoms with Crippen LogP contribution in [0.5, 0.6) is 5.75 Å². The second kappa shape index (κ2) is 10.3. The Bertz CT molecular complexity index is 1050. The number of hydrogen-bond acceptors (Lipinski definition) is 6. The van der Waals surface area contributed by atoms with Crippen LogP contribution in [0.4, 0.5) is 22.0 Å². The van der Waals surface area contributed by atoms with Crippen molar-refractivity contribution >= 4 is 34.1 Å². The molecule has 2 aromatic carbocycles. The summed E-state index contributed by atoms with van der Waals surface area (Å²) < 4.78 is 6.07. The zero-order chi connectivity index (χ0) is 22.3. The van der Waals surface area contributed by atoms with E-state index >= 15 is 0 Å². The van der Waals surface area contributed by atoms with Gasteiger partial charge in [-0.15, -0.1) is 0 Å². The number of rotatable bonds is 7. The molecule has 4 rings (SSSR count). The van der Waals surface area contributed by atoms with E-state index in [-0.39, 0.29) is 6.03 Å². The molecule has 168 valence electrons. The van der Waals surface area contributed by atoms with E-state index in [0.717, 1.165) is 53.5 Å². The van der Waals surface area contributed by atoms with E-state index in [1.165, 1.54) is 12.8 Å². The average molecular weight is 435 g/mol. The fourth-order valence-corrected chi connectivity index (χ4v) is 3.78. The van der Waals surface area contributed by atoms with Gasteiger partial charge < -0.3 is 25.6 Å². The lowest BCUT2D eigenvalue weighted by Gasteiger charge is -2.28. The fourth-order valence-electron chi connectivity index (χ4n) is 3.78. The third-order valence-corrected chi connectivity index (χ3v) is 5.67. The highest BCUT2D eigenvalue weighted by atomic mass is 16.5. The van der Waals surface area contributed by atoms with Gasteiger partial charge in [-0.1, -0.05) is 0 Å². The molecule has 3 N–H and O–H groups in total. The normalized spacial score (nSPS) is 14.8. The number of likely N-dealkylation sites (tertiary alicyclic amines) is 1. The van der Waals surface area contributed by atoms with Crippen molar-refractivity contribution in [2.75, 3.05) is 43.9 Å². The van der Waals surface area contributed by atoms with Gasteiger partial charge in [0.05, 0.1) is 12.1 Å². The summed E-state index contributed by atoms with van der Waals surface area (Å²) in [7, 11) is 2.17. The molecule has 1 aliphatic rings. The third-order valence-electron chi connectivity index (χ3n) is 5.67. The summed E-state index contributed by atoms with van der Waals surface area (Å²) in [6.45, 7) is 5.47. The fraction of sp³-hybridized carbons (Fsp3) is 0.375. The maximum Gasteiger partial charge on any atom is 0.319 e. The van der Waals surface area contributed by atoms with Crippen LogP contribution in [0.25, 0.3) is 10.9 Å².